The highest BCUT2D eigenvalue weighted by Gasteiger charge is 2.29. The Bertz CT molecular complexity index is 349. The van der Waals surface area contributed by atoms with Crippen molar-refractivity contribution in [2.24, 2.45) is 0 Å². The fraction of sp³-hybridized carbons (Fsp3) is 0.667. The predicted octanol–water partition coefficient (Wildman–Crippen LogP) is 0.0902. The lowest BCUT2D eigenvalue weighted by molar-refractivity contribution is 0.231. The fourth-order valence-corrected chi connectivity index (χ4v) is 3.14. The average molecular weight is 297 g/mol. The largest absolute Gasteiger partial charge is 0.372 e. The van der Waals surface area contributed by atoms with Crippen molar-refractivity contribution in [1.29, 1.82) is 5.41 Å². The van der Waals surface area contributed by atoms with Gasteiger partial charge in [-0.3, -0.25) is 22.7 Å². The van der Waals surface area contributed by atoms with Gasteiger partial charge >= 0.3 is 22.8 Å². The quantitative estimate of drug-likeness (QED) is 0.322. The number of nitrogens with one attached hydrogen (secondary N) is 1. The van der Waals surface area contributed by atoms with Crippen molar-refractivity contribution in [2.45, 2.75) is 0 Å². The summed E-state index contributed by atoms with van der Waals surface area (Å²) in [5, 5.41) is 6.63. The zero-order valence-corrected chi connectivity index (χ0v) is 10.3. The van der Waals surface area contributed by atoms with Crippen LogP contribution in [0.2, 0.25) is 0 Å². The summed E-state index contributed by atoms with van der Waals surface area (Å²) >= 11 is 0. The van der Waals surface area contributed by atoms with Crippen LogP contribution in [0.15, 0.2) is 0 Å². The van der Waals surface area contributed by atoms with Gasteiger partial charge in [-0.25, -0.2) is 0 Å². The van der Waals surface area contributed by atoms with Gasteiger partial charge in [0.05, 0.1) is 0 Å². The summed E-state index contributed by atoms with van der Waals surface area (Å²) in [5.74, 6) is 0.0956. The molecule has 13 heteroatoms. The molecule has 0 spiro atoms. The van der Waals surface area contributed by atoms with E-state index < -0.39 is 35.5 Å². The van der Waals surface area contributed by atoms with Crippen molar-refractivity contribution in [3.05, 3.63) is 0 Å². The Labute approximate surface area is 89.9 Å². The molecule has 0 saturated carbocycles. The van der Waals surface area contributed by atoms with Crippen LogP contribution >= 0.6 is 22.8 Å². The van der Waals surface area contributed by atoms with Crippen molar-refractivity contribution >= 4 is 28.7 Å². The first kappa shape index (κ1) is 16.1. The Kier molecular flexibility index (Phi) is 5.68. The minimum atomic E-state index is -4.61. The molecule has 10 nitrogen and oxygen atoms in total. The third-order valence-electron chi connectivity index (χ3n) is 0.970. The Hall–Kier alpha value is 0.120. The van der Waals surface area contributed by atoms with Gasteiger partial charge in [-0.05, 0) is 0 Å². The molecule has 0 saturated heterocycles. The number of rotatable bonds is 7. The van der Waals surface area contributed by atoms with Crippen molar-refractivity contribution in [3.8, 4) is 0 Å². The molecule has 0 amide bonds. The molecule has 0 radical (unpaired) electrons. The Balaban J connectivity index is 4.45. The summed E-state index contributed by atoms with van der Waals surface area (Å²) in [6.07, 6.45) is -2.55. The van der Waals surface area contributed by atoms with Gasteiger partial charge in [-0.15, -0.1) is 0 Å². The van der Waals surface area contributed by atoms with Crippen LogP contribution in [-0.2, 0) is 22.7 Å². The van der Waals surface area contributed by atoms with Gasteiger partial charge in [0.25, 0.3) is 0 Å². The van der Waals surface area contributed by atoms with Crippen molar-refractivity contribution in [3.63, 3.8) is 0 Å². The van der Waals surface area contributed by atoms with Gasteiger partial charge in [0.1, 0.15) is 5.96 Å². The summed E-state index contributed by atoms with van der Waals surface area (Å²) in [7, 11) is -13.6. The van der Waals surface area contributed by atoms with Crippen molar-refractivity contribution in [2.75, 3.05) is 12.7 Å². The summed E-state index contributed by atoms with van der Waals surface area (Å²) < 4.78 is 40.3. The molecule has 0 aliphatic rings. The first-order valence-corrected chi connectivity index (χ1v) is 8.68. The smallest absolute Gasteiger partial charge is 0.323 e. The zero-order chi connectivity index (χ0) is 13.0. The fourth-order valence-electron chi connectivity index (χ4n) is 0.423. The van der Waals surface area contributed by atoms with E-state index in [-0.39, 0.29) is 5.96 Å². The third-order valence-corrected chi connectivity index (χ3v) is 3.60. The highest BCUT2D eigenvalue weighted by molar-refractivity contribution is 7.70. The number of hydrogen-bond acceptors (Lipinski definition) is 6. The van der Waals surface area contributed by atoms with Gasteiger partial charge in [0.15, 0.2) is 12.7 Å². The third kappa shape index (κ3) is 8.29. The molecule has 0 aromatic rings. The van der Waals surface area contributed by atoms with E-state index in [1.54, 1.807) is 0 Å². The molecule has 0 fully saturated rings. The average Bonchev–Trinajstić information content (AvgIpc) is 2.09. The van der Waals surface area contributed by atoms with Crippen LogP contribution in [0, 0.1) is 5.41 Å². The normalized spacial score (nSPS) is 13.8. The van der Waals surface area contributed by atoms with Crippen molar-refractivity contribution < 1.29 is 42.3 Å². The Morgan fingerprint density at radius 1 is 0.938 bits per heavy atom. The van der Waals surface area contributed by atoms with E-state index in [0.717, 1.165) is 0 Å². The standard InChI is InChI=1S/C3H10NO9P3/c4-1-16(11,12-2-14(5,6)7)13-3-15(8,9)10/h1,4H,2-3H2,(H2,5,6,7)(H2,8,9,10). The Morgan fingerprint density at radius 3 is 1.44 bits per heavy atom. The first-order chi connectivity index (χ1) is 6.97. The van der Waals surface area contributed by atoms with E-state index in [1.165, 1.54) is 0 Å². The minimum Gasteiger partial charge on any atom is -0.323 e. The second-order valence-electron chi connectivity index (χ2n) is 2.51. The van der Waals surface area contributed by atoms with Gasteiger partial charge in [0, 0.05) is 0 Å². The SMILES string of the molecule is N=CP(=O)(OCP(=O)(O)O)OCP(=O)(O)O. The van der Waals surface area contributed by atoms with E-state index in [4.69, 9.17) is 25.0 Å². The Morgan fingerprint density at radius 2 is 1.25 bits per heavy atom. The van der Waals surface area contributed by atoms with Crippen LogP contribution in [0.5, 0.6) is 0 Å². The molecule has 0 aliphatic heterocycles. The van der Waals surface area contributed by atoms with Crippen LogP contribution in [-0.4, -0.2) is 38.2 Å². The molecule has 96 valence electrons. The van der Waals surface area contributed by atoms with Gasteiger partial charge < -0.3 is 25.0 Å². The summed E-state index contributed by atoms with van der Waals surface area (Å²) in [4.78, 5) is 33.5. The molecule has 16 heavy (non-hydrogen) atoms. The maximum absolute atomic E-state index is 11.3. The van der Waals surface area contributed by atoms with Crippen molar-refractivity contribution in [1.82, 2.24) is 0 Å². The maximum Gasteiger partial charge on any atom is 0.372 e. The lowest BCUT2D eigenvalue weighted by Gasteiger charge is -2.14. The highest BCUT2D eigenvalue weighted by Crippen LogP contribution is 2.52. The molecule has 0 aliphatic carbocycles. The van der Waals surface area contributed by atoms with Crippen LogP contribution in [0.1, 0.15) is 0 Å². The van der Waals surface area contributed by atoms with Crippen LogP contribution in [0.25, 0.3) is 0 Å². The number of hydrogen-bond donors (Lipinski definition) is 5. The van der Waals surface area contributed by atoms with E-state index in [9.17, 15) is 13.7 Å². The monoisotopic (exact) mass is 297 g/mol. The summed E-state index contributed by atoms with van der Waals surface area (Å²) in [6, 6.07) is 0. The van der Waals surface area contributed by atoms with Gasteiger partial charge in [-0.1, -0.05) is 0 Å². The molecule has 0 aromatic carbocycles. The molecule has 0 unspecified atom stereocenters. The van der Waals surface area contributed by atoms with E-state index in [1.807, 2.05) is 0 Å². The van der Waals surface area contributed by atoms with Gasteiger partial charge in [-0.2, -0.15) is 0 Å². The van der Waals surface area contributed by atoms with Crippen LogP contribution in [0.4, 0.5) is 0 Å². The predicted molar refractivity (Wildman–Crippen MR) is 52.4 cm³/mol. The van der Waals surface area contributed by atoms with E-state index >= 15 is 0 Å². The molecular weight excluding hydrogens is 287 g/mol. The molecule has 0 rings (SSSR count). The molecule has 0 heterocycles. The lowest BCUT2D eigenvalue weighted by atomic mass is 11.7. The second kappa shape index (κ2) is 5.64. The van der Waals surface area contributed by atoms with E-state index in [2.05, 4.69) is 9.05 Å². The van der Waals surface area contributed by atoms with Crippen LogP contribution in [0.3, 0.4) is 0 Å². The zero-order valence-electron chi connectivity index (χ0n) is 7.66. The topological polar surface area (TPSA) is 174 Å². The van der Waals surface area contributed by atoms with E-state index in [0.29, 0.717) is 0 Å². The lowest BCUT2D eigenvalue weighted by Crippen LogP contribution is -2.01. The minimum absolute atomic E-state index is 0.0956. The summed E-state index contributed by atoms with van der Waals surface area (Å²) in [6.45, 7) is 0. The molecular formula is C3H10NO9P3. The van der Waals surface area contributed by atoms with Gasteiger partial charge in [0.2, 0.25) is 0 Å². The van der Waals surface area contributed by atoms with Crippen LogP contribution < -0.4 is 0 Å². The molecule has 0 bridgehead atoms. The second-order valence-corrected chi connectivity index (χ2v) is 7.54. The first-order valence-electron chi connectivity index (χ1n) is 3.47. The molecule has 0 atom stereocenters. The molecule has 5 N–H and O–H groups in total. The summed E-state index contributed by atoms with van der Waals surface area (Å²) in [5.41, 5.74) is 0. The highest BCUT2D eigenvalue weighted by atomic mass is 31.2. The molecule has 0 aromatic heterocycles. The maximum atomic E-state index is 11.3.